The quantitative estimate of drug-likeness (QED) is 0.643. The van der Waals surface area contributed by atoms with Crippen LogP contribution in [0, 0.1) is 13.8 Å². The molecule has 1 N–H and O–H groups in total. The molecule has 0 radical (unpaired) electrons. The number of aryl methyl sites for hydroxylation is 2. The van der Waals surface area contributed by atoms with Crippen LogP contribution in [0.3, 0.4) is 0 Å². The van der Waals surface area contributed by atoms with Gasteiger partial charge in [-0.15, -0.1) is 0 Å². The third-order valence-corrected chi connectivity index (χ3v) is 5.26. The van der Waals surface area contributed by atoms with Crippen molar-refractivity contribution in [2.24, 2.45) is 0 Å². The van der Waals surface area contributed by atoms with E-state index in [1.54, 1.807) is 0 Å². The number of piperazine rings is 1. The Hall–Kier alpha value is -2.73. The molecule has 0 unspecified atom stereocenters. The van der Waals surface area contributed by atoms with Crippen molar-refractivity contribution in [1.82, 2.24) is 10.2 Å². The van der Waals surface area contributed by atoms with Crippen LogP contribution < -0.4 is 19.7 Å². The standard InChI is InChI=1S/C24H33N3O3/c1-4-29-23-8-6-5-7-21(23)27-14-12-26(13-15-27)18-24(28)25-11-16-30-22-10-9-19(2)17-20(22)3/h5-10,17H,4,11-16,18H2,1-3H3,(H,25,28). The van der Waals surface area contributed by atoms with Crippen LogP contribution >= 0.6 is 0 Å². The number of carbonyl (C=O) groups excluding carboxylic acids is 1. The number of amides is 1. The number of anilines is 1. The first-order chi connectivity index (χ1) is 14.6. The van der Waals surface area contributed by atoms with Crippen molar-refractivity contribution in [3.8, 4) is 11.5 Å². The molecule has 1 fully saturated rings. The first-order valence-corrected chi connectivity index (χ1v) is 10.7. The number of nitrogens with one attached hydrogen (secondary N) is 1. The van der Waals surface area contributed by atoms with Crippen LogP contribution in [0.5, 0.6) is 11.5 Å². The average Bonchev–Trinajstić information content (AvgIpc) is 2.74. The van der Waals surface area contributed by atoms with Crippen LogP contribution in [-0.2, 0) is 4.79 Å². The molecule has 162 valence electrons. The molecule has 1 aliphatic heterocycles. The molecule has 0 spiro atoms. The van der Waals surface area contributed by atoms with Crippen molar-refractivity contribution in [3.63, 3.8) is 0 Å². The van der Waals surface area contributed by atoms with Crippen LogP contribution in [0.25, 0.3) is 0 Å². The van der Waals surface area contributed by atoms with Crippen LogP contribution in [0.4, 0.5) is 5.69 Å². The Morgan fingerprint density at radius 2 is 1.77 bits per heavy atom. The number of ether oxygens (including phenoxy) is 2. The van der Waals surface area contributed by atoms with E-state index in [4.69, 9.17) is 9.47 Å². The van der Waals surface area contributed by atoms with Gasteiger partial charge in [0, 0.05) is 26.2 Å². The average molecular weight is 412 g/mol. The molecule has 3 rings (SSSR count). The Bertz CT molecular complexity index is 832. The van der Waals surface area contributed by atoms with E-state index >= 15 is 0 Å². The summed E-state index contributed by atoms with van der Waals surface area (Å²) in [7, 11) is 0. The molecule has 0 aliphatic carbocycles. The van der Waals surface area contributed by atoms with E-state index < -0.39 is 0 Å². The minimum atomic E-state index is 0.0439. The lowest BCUT2D eigenvalue weighted by molar-refractivity contribution is -0.122. The highest BCUT2D eigenvalue weighted by Gasteiger charge is 2.21. The number of benzene rings is 2. The Balaban J connectivity index is 1.37. The highest BCUT2D eigenvalue weighted by atomic mass is 16.5. The summed E-state index contributed by atoms with van der Waals surface area (Å²) < 4.78 is 11.5. The van der Waals surface area contributed by atoms with Gasteiger partial charge in [0.15, 0.2) is 0 Å². The Morgan fingerprint density at radius 3 is 2.50 bits per heavy atom. The van der Waals surface area contributed by atoms with E-state index in [0.29, 0.717) is 26.3 Å². The summed E-state index contributed by atoms with van der Waals surface area (Å²) in [6.45, 7) is 11.6. The zero-order valence-corrected chi connectivity index (χ0v) is 18.3. The fourth-order valence-corrected chi connectivity index (χ4v) is 3.71. The predicted octanol–water partition coefficient (Wildman–Crippen LogP) is 3.02. The maximum Gasteiger partial charge on any atom is 0.234 e. The van der Waals surface area contributed by atoms with Gasteiger partial charge in [-0.25, -0.2) is 0 Å². The van der Waals surface area contributed by atoms with Crippen molar-refractivity contribution in [1.29, 1.82) is 0 Å². The molecule has 1 aliphatic rings. The summed E-state index contributed by atoms with van der Waals surface area (Å²) in [5.41, 5.74) is 3.46. The smallest absolute Gasteiger partial charge is 0.234 e. The van der Waals surface area contributed by atoms with Crippen LogP contribution in [-0.4, -0.2) is 63.3 Å². The summed E-state index contributed by atoms with van der Waals surface area (Å²) in [4.78, 5) is 16.8. The maximum atomic E-state index is 12.3. The predicted molar refractivity (Wildman–Crippen MR) is 121 cm³/mol. The van der Waals surface area contributed by atoms with E-state index in [-0.39, 0.29) is 5.91 Å². The lowest BCUT2D eigenvalue weighted by Gasteiger charge is -2.36. The molecular formula is C24H33N3O3. The number of para-hydroxylation sites is 2. The second kappa shape index (κ2) is 10.9. The molecule has 2 aromatic rings. The molecule has 6 nitrogen and oxygen atoms in total. The van der Waals surface area contributed by atoms with Gasteiger partial charge in [0.1, 0.15) is 18.1 Å². The molecule has 30 heavy (non-hydrogen) atoms. The van der Waals surface area contributed by atoms with Gasteiger partial charge in [-0.2, -0.15) is 0 Å². The largest absolute Gasteiger partial charge is 0.492 e. The second-order valence-electron chi connectivity index (χ2n) is 7.63. The van der Waals surface area contributed by atoms with Crippen LogP contribution in [0.1, 0.15) is 18.1 Å². The zero-order chi connectivity index (χ0) is 21.3. The minimum Gasteiger partial charge on any atom is -0.492 e. The molecular weight excluding hydrogens is 378 g/mol. The zero-order valence-electron chi connectivity index (χ0n) is 18.3. The molecule has 1 saturated heterocycles. The van der Waals surface area contributed by atoms with Gasteiger partial charge in [-0.1, -0.05) is 29.8 Å². The molecule has 6 heteroatoms. The number of rotatable bonds is 9. The van der Waals surface area contributed by atoms with Crippen molar-refractivity contribution in [2.75, 3.05) is 57.4 Å². The summed E-state index contributed by atoms with van der Waals surface area (Å²) in [5.74, 6) is 1.84. The van der Waals surface area contributed by atoms with Gasteiger partial charge in [0.05, 0.1) is 25.4 Å². The fourth-order valence-electron chi connectivity index (χ4n) is 3.71. The molecule has 2 aromatic carbocycles. The lowest BCUT2D eigenvalue weighted by atomic mass is 10.1. The SMILES string of the molecule is CCOc1ccccc1N1CCN(CC(=O)NCCOc2ccc(C)cc2C)CC1. The Morgan fingerprint density at radius 1 is 1.00 bits per heavy atom. The van der Waals surface area contributed by atoms with Crippen LogP contribution in [0.2, 0.25) is 0 Å². The highest BCUT2D eigenvalue weighted by molar-refractivity contribution is 5.78. The van der Waals surface area contributed by atoms with Gasteiger partial charge in [0.25, 0.3) is 0 Å². The summed E-state index contributed by atoms with van der Waals surface area (Å²) in [6, 6.07) is 14.3. The van der Waals surface area contributed by atoms with Crippen LogP contribution in [0.15, 0.2) is 42.5 Å². The number of nitrogens with zero attached hydrogens (tertiary/aromatic N) is 2. The molecule has 0 atom stereocenters. The third kappa shape index (κ3) is 6.13. The van der Waals surface area contributed by atoms with E-state index in [2.05, 4.69) is 34.2 Å². The first kappa shape index (κ1) is 22.0. The molecule has 1 amide bonds. The Labute approximate surface area is 179 Å². The molecule has 0 saturated carbocycles. The van der Waals surface area contributed by atoms with Crippen molar-refractivity contribution >= 4 is 11.6 Å². The van der Waals surface area contributed by atoms with Gasteiger partial charge >= 0.3 is 0 Å². The normalized spacial score (nSPS) is 14.4. The molecule has 0 aromatic heterocycles. The van der Waals surface area contributed by atoms with Gasteiger partial charge < -0.3 is 19.7 Å². The Kier molecular flexibility index (Phi) is 7.97. The maximum absolute atomic E-state index is 12.3. The van der Waals surface area contributed by atoms with Gasteiger partial charge in [-0.05, 0) is 44.5 Å². The lowest BCUT2D eigenvalue weighted by Crippen LogP contribution is -2.49. The molecule has 1 heterocycles. The number of hydrogen-bond acceptors (Lipinski definition) is 5. The topological polar surface area (TPSA) is 54.0 Å². The first-order valence-electron chi connectivity index (χ1n) is 10.7. The number of hydrogen-bond donors (Lipinski definition) is 1. The van der Waals surface area contributed by atoms with E-state index in [9.17, 15) is 4.79 Å². The van der Waals surface area contributed by atoms with Crippen molar-refractivity contribution in [3.05, 3.63) is 53.6 Å². The van der Waals surface area contributed by atoms with Crippen molar-refractivity contribution in [2.45, 2.75) is 20.8 Å². The summed E-state index contributed by atoms with van der Waals surface area (Å²) in [6.07, 6.45) is 0. The van der Waals surface area contributed by atoms with Gasteiger partial charge in [0.2, 0.25) is 5.91 Å². The fraction of sp³-hybridized carbons (Fsp3) is 0.458. The van der Waals surface area contributed by atoms with Crippen molar-refractivity contribution < 1.29 is 14.3 Å². The summed E-state index contributed by atoms with van der Waals surface area (Å²) >= 11 is 0. The monoisotopic (exact) mass is 411 g/mol. The summed E-state index contributed by atoms with van der Waals surface area (Å²) in [5, 5.41) is 2.96. The minimum absolute atomic E-state index is 0.0439. The molecule has 0 bridgehead atoms. The second-order valence-corrected chi connectivity index (χ2v) is 7.63. The van der Waals surface area contributed by atoms with Gasteiger partial charge in [-0.3, -0.25) is 9.69 Å². The van der Waals surface area contributed by atoms with E-state index in [1.165, 1.54) is 5.56 Å². The van der Waals surface area contributed by atoms with E-state index in [1.807, 2.05) is 44.2 Å². The van der Waals surface area contributed by atoms with E-state index in [0.717, 1.165) is 48.9 Å². The third-order valence-electron chi connectivity index (χ3n) is 5.26. The highest BCUT2D eigenvalue weighted by Crippen LogP contribution is 2.28. The number of carbonyl (C=O) groups is 1.